The van der Waals surface area contributed by atoms with E-state index in [2.05, 4.69) is 16.6 Å². The Balaban J connectivity index is 2.13. The maximum atomic E-state index is 11.4. The predicted octanol–water partition coefficient (Wildman–Crippen LogP) is 2.54. The highest BCUT2D eigenvalue weighted by molar-refractivity contribution is 5.89. The number of pyridine rings is 1. The van der Waals surface area contributed by atoms with Gasteiger partial charge in [-0.3, -0.25) is 4.98 Å². The lowest BCUT2D eigenvalue weighted by Crippen LogP contribution is -2.14. The molecule has 1 rings (SSSR count). The molecule has 0 saturated carbocycles. The number of hydrogen-bond acceptors (Lipinski definition) is 6. The van der Waals surface area contributed by atoms with Gasteiger partial charge in [-0.2, -0.15) is 0 Å². The summed E-state index contributed by atoms with van der Waals surface area (Å²) >= 11 is 0. The minimum Gasteiger partial charge on any atom is -0.434 e. The van der Waals surface area contributed by atoms with Crippen LogP contribution in [0.1, 0.15) is 36.5 Å². The molecule has 0 amide bonds. The van der Waals surface area contributed by atoms with E-state index in [1.165, 1.54) is 24.5 Å². The largest absolute Gasteiger partial charge is 0.511 e. The van der Waals surface area contributed by atoms with E-state index in [-0.39, 0.29) is 0 Å². The third-order valence-corrected chi connectivity index (χ3v) is 2.25. The smallest absolute Gasteiger partial charge is 0.434 e. The Labute approximate surface area is 111 Å². The highest BCUT2D eigenvalue weighted by Crippen LogP contribution is 2.00. The maximum absolute atomic E-state index is 11.4. The van der Waals surface area contributed by atoms with Crippen LogP contribution in [0.5, 0.6) is 0 Å². The molecule has 1 aromatic rings. The molecule has 0 bridgehead atoms. The predicted molar refractivity (Wildman–Crippen MR) is 66.5 cm³/mol. The topological polar surface area (TPSA) is 74.7 Å². The molecule has 0 spiro atoms. The van der Waals surface area contributed by atoms with E-state index in [0.717, 1.165) is 19.3 Å². The Morgan fingerprint density at radius 2 is 1.84 bits per heavy atom. The highest BCUT2D eigenvalue weighted by atomic mass is 16.8. The van der Waals surface area contributed by atoms with Crippen molar-refractivity contribution >= 4 is 12.1 Å². The number of aromatic nitrogens is 1. The van der Waals surface area contributed by atoms with Crippen LogP contribution in [-0.4, -0.2) is 30.5 Å². The Morgan fingerprint density at radius 3 is 2.53 bits per heavy atom. The van der Waals surface area contributed by atoms with Gasteiger partial charge in [-0.25, -0.2) is 9.59 Å². The van der Waals surface area contributed by atoms with Crippen LogP contribution in [0.25, 0.3) is 0 Å². The molecule has 19 heavy (non-hydrogen) atoms. The van der Waals surface area contributed by atoms with Crippen LogP contribution in [0.15, 0.2) is 24.5 Å². The second-order valence-electron chi connectivity index (χ2n) is 3.74. The number of rotatable bonds is 7. The van der Waals surface area contributed by atoms with Crippen LogP contribution in [0.2, 0.25) is 0 Å². The lowest BCUT2D eigenvalue weighted by Gasteiger charge is -2.06. The summed E-state index contributed by atoms with van der Waals surface area (Å²) in [6.45, 7) is 1.90. The zero-order valence-corrected chi connectivity index (χ0v) is 10.8. The monoisotopic (exact) mass is 267 g/mol. The Hall–Kier alpha value is -2.11. The summed E-state index contributed by atoms with van der Waals surface area (Å²) in [6.07, 6.45) is 4.94. The molecule has 0 unspecified atom stereocenters. The average Bonchev–Trinajstić information content (AvgIpc) is 2.44. The van der Waals surface area contributed by atoms with Gasteiger partial charge >= 0.3 is 12.1 Å². The fourth-order valence-corrected chi connectivity index (χ4v) is 1.25. The fraction of sp³-hybridized carbons (Fsp3) is 0.462. The van der Waals surface area contributed by atoms with Gasteiger partial charge in [-0.15, -0.1) is 0 Å². The van der Waals surface area contributed by atoms with Crippen molar-refractivity contribution in [2.24, 2.45) is 0 Å². The summed E-state index contributed by atoms with van der Waals surface area (Å²) in [5, 5.41) is 0. The molecule has 0 fully saturated rings. The van der Waals surface area contributed by atoms with E-state index < -0.39 is 18.9 Å². The van der Waals surface area contributed by atoms with Crippen LogP contribution in [0, 0.1) is 0 Å². The number of carbonyl (C=O) groups excluding carboxylic acids is 2. The second kappa shape index (κ2) is 8.91. The van der Waals surface area contributed by atoms with Gasteiger partial charge in [0.15, 0.2) is 0 Å². The number of unbranched alkanes of at least 4 members (excludes halogenated alkanes) is 2. The van der Waals surface area contributed by atoms with Crippen molar-refractivity contribution in [1.29, 1.82) is 0 Å². The summed E-state index contributed by atoms with van der Waals surface area (Å²) < 4.78 is 14.1. The molecule has 0 aliphatic heterocycles. The zero-order chi connectivity index (χ0) is 13.9. The van der Waals surface area contributed by atoms with Crippen molar-refractivity contribution in [2.75, 3.05) is 13.4 Å². The van der Waals surface area contributed by atoms with Crippen molar-refractivity contribution in [1.82, 2.24) is 4.98 Å². The normalized spacial score (nSPS) is 9.74. The van der Waals surface area contributed by atoms with Crippen LogP contribution in [-0.2, 0) is 14.2 Å². The minimum absolute atomic E-state index is 0.310. The van der Waals surface area contributed by atoms with E-state index in [1.807, 2.05) is 0 Å². The Bertz CT molecular complexity index is 393. The molecule has 104 valence electrons. The van der Waals surface area contributed by atoms with E-state index in [1.54, 1.807) is 0 Å². The third-order valence-electron chi connectivity index (χ3n) is 2.25. The van der Waals surface area contributed by atoms with Gasteiger partial charge < -0.3 is 14.2 Å². The van der Waals surface area contributed by atoms with Gasteiger partial charge in [0.1, 0.15) is 0 Å². The molecule has 6 nitrogen and oxygen atoms in total. The van der Waals surface area contributed by atoms with Crippen LogP contribution >= 0.6 is 0 Å². The molecule has 1 aromatic heterocycles. The molecule has 0 radical (unpaired) electrons. The van der Waals surface area contributed by atoms with Gasteiger partial charge in [0, 0.05) is 12.4 Å². The summed E-state index contributed by atoms with van der Waals surface area (Å²) in [5.74, 6) is -0.582. The second-order valence-corrected chi connectivity index (χ2v) is 3.74. The molecule has 0 saturated heterocycles. The van der Waals surface area contributed by atoms with E-state index in [0.29, 0.717) is 12.2 Å². The van der Waals surface area contributed by atoms with Crippen molar-refractivity contribution in [3.8, 4) is 0 Å². The molecule has 0 atom stereocenters. The molecule has 1 heterocycles. The van der Waals surface area contributed by atoms with Gasteiger partial charge in [-0.1, -0.05) is 19.8 Å². The average molecular weight is 267 g/mol. The highest BCUT2D eigenvalue weighted by Gasteiger charge is 2.08. The summed E-state index contributed by atoms with van der Waals surface area (Å²) in [7, 11) is 0. The fourth-order valence-electron chi connectivity index (χ4n) is 1.25. The zero-order valence-electron chi connectivity index (χ0n) is 10.8. The minimum atomic E-state index is -0.835. The number of ether oxygens (including phenoxy) is 3. The summed E-state index contributed by atoms with van der Waals surface area (Å²) in [6, 6.07) is 3.01. The molecular formula is C13H17NO5. The van der Waals surface area contributed by atoms with Crippen molar-refractivity contribution in [2.45, 2.75) is 26.2 Å². The standard InChI is InChI=1S/C13H17NO5/c1-2-3-4-9-17-13(16)19-10-18-12(15)11-5-7-14-8-6-11/h5-8H,2-4,9-10H2,1H3. The first kappa shape index (κ1) is 14.9. The first-order valence-corrected chi connectivity index (χ1v) is 6.10. The molecule has 0 aliphatic rings. The van der Waals surface area contributed by atoms with Gasteiger partial charge in [0.2, 0.25) is 6.79 Å². The van der Waals surface area contributed by atoms with Gasteiger partial charge in [0.05, 0.1) is 12.2 Å². The molecule has 6 heteroatoms. The van der Waals surface area contributed by atoms with Crippen molar-refractivity contribution < 1.29 is 23.8 Å². The lowest BCUT2D eigenvalue weighted by molar-refractivity contribution is -0.0276. The van der Waals surface area contributed by atoms with Crippen LogP contribution in [0.4, 0.5) is 4.79 Å². The molecule has 0 N–H and O–H groups in total. The first-order chi connectivity index (χ1) is 9.24. The third kappa shape index (κ3) is 6.40. The molecule has 0 aromatic carbocycles. The quantitative estimate of drug-likeness (QED) is 0.429. The Kier molecular flexibility index (Phi) is 7.01. The van der Waals surface area contributed by atoms with Gasteiger partial charge in [-0.05, 0) is 18.6 Å². The Morgan fingerprint density at radius 1 is 1.11 bits per heavy atom. The molecule has 0 aliphatic carbocycles. The van der Waals surface area contributed by atoms with E-state index in [9.17, 15) is 9.59 Å². The maximum Gasteiger partial charge on any atom is 0.511 e. The SMILES string of the molecule is CCCCCOC(=O)OCOC(=O)c1ccncc1. The van der Waals surface area contributed by atoms with Crippen LogP contribution in [0.3, 0.4) is 0 Å². The number of carbonyl (C=O) groups is 2. The van der Waals surface area contributed by atoms with Crippen LogP contribution < -0.4 is 0 Å². The van der Waals surface area contributed by atoms with Crippen molar-refractivity contribution in [3.05, 3.63) is 30.1 Å². The summed E-state index contributed by atoms with van der Waals surface area (Å²) in [5.41, 5.74) is 0.343. The van der Waals surface area contributed by atoms with E-state index in [4.69, 9.17) is 9.47 Å². The van der Waals surface area contributed by atoms with Gasteiger partial charge in [0.25, 0.3) is 0 Å². The lowest BCUT2D eigenvalue weighted by atomic mass is 10.3. The van der Waals surface area contributed by atoms with Crippen molar-refractivity contribution in [3.63, 3.8) is 0 Å². The number of hydrogen-bond donors (Lipinski definition) is 0. The molecular weight excluding hydrogens is 250 g/mol. The summed E-state index contributed by atoms with van der Waals surface area (Å²) in [4.78, 5) is 26.3. The number of nitrogens with zero attached hydrogens (tertiary/aromatic N) is 1. The van der Waals surface area contributed by atoms with E-state index >= 15 is 0 Å². The first-order valence-electron chi connectivity index (χ1n) is 6.10. The number of esters is 1.